The van der Waals surface area contributed by atoms with Crippen LogP contribution in [-0.4, -0.2) is 51.7 Å². The van der Waals surface area contributed by atoms with Gasteiger partial charge in [0, 0.05) is 49.2 Å². The summed E-state index contributed by atoms with van der Waals surface area (Å²) in [6, 6.07) is 15.1. The Balaban J connectivity index is 1.39. The lowest BCUT2D eigenvalue weighted by Crippen LogP contribution is -2.41. The molecule has 148 valence electrons. The van der Waals surface area contributed by atoms with E-state index >= 15 is 0 Å². The molecule has 7 heteroatoms. The molecule has 2 unspecified atom stereocenters. The molecular formula is C21H27N5OS. The molecule has 2 aromatic carbocycles. The molecule has 2 N–H and O–H groups in total. The molecule has 2 heterocycles. The third kappa shape index (κ3) is 4.36. The highest BCUT2D eigenvalue weighted by atomic mass is 32.2. The third-order valence-electron chi connectivity index (χ3n) is 5.38. The summed E-state index contributed by atoms with van der Waals surface area (Å²) < 4.78 is 13.5. The average Bonchev–Trinajstić information content (AvgIpc) is 3.15. The highest BCUT2D eigenvalue weighted by Gasteiger charge is 2.20. The van der Waals surface area contributed by atoms with E-state index in [1.165, 1.54) is 18.4 Å². The van der Waals surface area contributed by atoms with Crippen LogP contribution in [0.2, 0.25) is 0 Å². The Labute approximate surface area is 168 Å². The van der Waals surface area contributed by atoms with Crippen LogP contribution >= 0.6 is 0 Å². The summed E-state index contributed by atoms with van der Waals surface area (Å²) in [5.41, 5.74) is 4.47. The monoisotopic (exact) mass is 397 g/mol. The van der Waals surface area contributed by atoms with Gasteiger partial charge in [0.2, 0.25) is 0 Å². The number of benzene rings is 2. The lowest BCUT2D eigenvalue weighted by atomic mass is 10.0. The van der Waals surface area contributed by atoms with Gasteiger partial charge in [0.05, 0.1) is 11.7 Å². The Bertz CT molecular complexity index is 972. The molecule has 4 rings (SSSR count). The molecule has 2 atom stereocenters. The topological polar surface area (TPSA) is 64.3 Å². The number of piperidine rings is 1. The van der Waals surface area contributed by atoms with Gasteiger partial charge in [0.15, 0.2) is 0 Å². The highest BCUT2D eigenvalue weighted by Crippen LogP contribution is 2.22. The van der Waals surface area contributed by atoms with Crippen molar-refractivity contribution in [3.8, 4) is 0 Å². The fourth-order valence-electron chi connectivity index (χ4n) is 3.84. The minimum absolute atomic E-state index is 0.437. The zero-order valence-electron chi connectivity index (χ0n) is 16.4. The van der Waals surface area contributed by atoms with Crippen molar-refractivity contribution >= 4 is 33.3 Å². The summed E-state index contributed by atoms with van der Waals surface area (Å²) in [6.45, 7) is 3.04. The molecule has 28 heavy (non-hydrogen) atoms. The molecular weight excluding hydrogens is 370 g/mol. The summed E-state index contributed by atoms with van der Waals surface area (Å²) >= 11 is 0. The molecule has 1 aliphatic rings. The Morgan fingerprint density at radius 1 is 1.32 bits per heavy atom. The van der Waals surface area contributed by atoms with Crippen molar-refractivity contribution in [1.29, 1.82) is 0 Å². The van der Waals surface area contributed by atoms with Gasteiger partial charge in [-0.1, -0.05) is 12.1 Å². The number of aromatic nitrogens is 2. The maximum atomic E-state index is 11.7. The molecule has 1 saturated heterocycles. The molecule has 3 aromatic rings. The van der Waals surface area contributed by atoms with E-state index in [0.29, 0.717) is 6.04 Å². The lowest BCUT2D eigenvalue weighted by Gasteiger charge is -2.34. The first-order valence-electron chi connectivity index (χ1n) is 9.67. The van der Waals surface area contributed by atoms with E-state index < -0.39 is 11.0 Å². The molecule has 0 saturated carbocycles. The Kier molecular flexibility index (Phi) is 5.64. The van der Waals surface area contributed by atoms with Crippen molar-refractivity contribution in [2.24, 2.45) is 0 Å². The summed E-state index contributed by atoms with van der Waals surface area (Å²) in [5.74, 6) is 0. The average molecular weight is 398 g/mol. The fraction of sp³-hybridized carbons (Fsp3) is 0.381. The first-order chi connectivity index (χ1) is 13.6. The highest BCUT2D eigenvalue weighted by molar-refractivity contribution is 7.85. The van der Waals surface area contributed by atoms with Crippen LogP contribution in [-0.2, 0) is 17.5 Å². The van der Waals surface area contributed by atoms with Crippen molar-refractivity contribution in [2.45, 2.75) is 25.4 Å². The normalized spacial score (nSPS) is 18.9. The van der Waals surface area contributed by atoms with Crippen LogP contribution in [0.5, 0.6) is 0 Å². The molecule has 0 radical (unpaired) electrons. The summed E-state index contributed by atoms with van der Waals surface area (Å²) in [4.78, 5) is 2.50. The first-order valence-corrected chi connectivity index (χ1v) is 11.2. The quantitative estimate of drug-likeness (QED) is 0.669. The molecule has 0 aliphatic carbocycles. The minimum atomic E-state index is -1.01. The van der Waals surface area contributed by atoms with Crippen molar-refractivity contribution in [1.82, 2.24) is 15.1 Å². The van der Waals surface area contributed by atoms with E-state index in [0.717, 1.165) is 41.9 Å². The zero-order valence-corrected chi connectivity index (χ0v) is 17.2. The standard InChI is InChI=1S/C21H27N5OS/c1-25(28(2)27)20-7-3-5-16(11-20)14-26-10-4-6-19(15-26)23-18-8-9-21-17(12-18)13-22-24-21/h3,5,7-9,11-13,19,23H,4,6,10,14-15H2,1-2H3,(H,22,24). The number of H-pyrrole nitrogens is 1. The van der Waals surface area contributed by atoms with E-state index in [-0.39, 0.29) is 0 Å². The second-order valence-corrected chi connectivity index (χ2v) is 8.88. The van der Waals surface area contributed by atoms with Crippen LogP contribution in [0.15, 0.2) is 48.7 Å². The fourth-order valence-corrected chi connectivity index (χ4v) is 4.25. The Hall–Kier alpha value is -2.38. The van der Waals surface area contributed by atoms with Crippen LogP contribution in [0.1, 0.15) is 18.4 Å². The molecule has 0 spiro atoms. The second-order valence-electron chi connectivity index (χ2n) is 7.48. The zero-order chi connectivity index (χ0) is 19.5. The van der Waals surface area contributed by atoms with Crippen LogP contribution in [0, 0.1) is 0 Å². The summed E-state index contributed by atoms with van der Waals surface area (Å²) in [5, 5.41) is 11.9. The van der Waals surface area contributed by atoms with E-state index in [4.69, 9.17) is 0 Å². The lowest BCUT2D eigenvalue weighted by molar-refractivity contribution is 0.208. The van der Waals surface area contributed by atoms with Crippen LogP contribution in [0.3, 0.4) is 0 Å². The van der Waals surface area contributed by atoms with Gasteiger partial charge in [-0.05, 0) is 55.3 Å². The largest absolute Gasteiger partial charge is 0.381 e. The maximum absolute atomic E-state index is 11.7. The summed E-state index contributed by atoms with van der Waals surface area (Å²) in [6.07, 6.45) is 5.93. The molecule has 1 aromatic heterocycles. The molecule has 6 nitrogen and oxygen atoms in total. The van der Waals surface area contributed by atoms with E-state index in [2.05, 4.69) is 50.7 Å². The Morgan fingerprint density at radius 2 is 2.21 bits per heavy atom. The smallest absolute Gasteiger partial charge is 0.116 e. The number of anilines is 2. The van der Waals surface area contributed by atoms with Gasteiger partial charge in [-0.25, -0.2) is 4.21 Å². The van der Waals surface area contributed by atoms with E-state index in [1.807, 2.05) is 25.4 Å². The number of nitrogens with zero attached hydrogens (tertiary/aromatic N) is 3. The third-order valence-corrected chi connectivity index (χ3v) is 6.36. The minimum Gasteiger partial charge on any atom is -0.381 e. The number of hydrogen-bond donors (Lipinski definition) is 2. The number of rotatable bonds is 6. The predicted octanol–water partition coefficient (Wildman–Crippen LogP) is 3.37. The maximum Gasteiger partial charge on any atom is 0.116 e. The van der Waals surface area contributed by atoms with Gasteiger partial charge in [-0.2, -0.15) is 5.10 Å². The molecule has 0 bridgehead atoms. The number of fused-ring (bicyclic) bond motifs is 1. The molecule has 1 fully saturated rings. The SMILES string of the molecule is CN(c1cccc(CN2CCCC(Nc3ccc4[nH]ncc4c3)C2)c1)S(C)=O. The molecule has 1 aliphatic heterocycles. The second kappa shape index (κ2) is 8.32. The van der Waals surface area contributed by atoms with Crippen LogP contribution in [0.25, 0.3) is 10.9 Å². The number of hydrogen-bond acceptors (Lipinski definition) is 4. The van der Waals surface area contributed by atoms with Crippen molar-refractivity contribution in [2.75, 3.05) is 36.0 Å². The van der Waals surface area contributed by atoms with Crippen molar-refractivity contribution < 1.29 is 4.21 Å². The number of aromatic amines is 1. The predicted molar refractivity (Wildman–Crippen MR) is 117 cm³/mol. The van der Waals surface area contributed by atoms with Gasteiger partial charge in [-0.15, -0.1) is 0 Å². The van der Waals surface area contributed by atoms with Crippen molar-refractivity contribution in [3.05, 3.63) is 54.2 Å². The van der Waals surface area contributed by atoms with Crippen LogP contribution < -0.4 is 9.62 Å². The van der Waals surface area contributed by atoms with Gasteiger partial charge < -0.3 is 5.32 Å². The Morgan fingerprint density at radius 3 is 3.07 bits per heavy atom. The van der Waals surface area contributed by atoms with E-state index in [9.17, 15) is 4.21 Å². The van der Waals surface area contributed by atoms with Gasteiger partial charge in [0.1, 0.15) is 11.0 Å². The van der Waals surface area contributed by atoms with Crippen molar-refractivity contribution in [3.63, 3.8) is 0 Å². The number of likely N-dealkylation sites (tertiary alicyclic amines) is 1. The van der Waals surface area contributed by atoms with Gasteiger partial charge in [0.25, 0.3) is 0 Å². The molecule has 0 amide bonds. The van der Waals surface area contributed by atoms with Gasteiger partial charge in [-0.3, -0.25) is 14.3 Å². The van der Waals surface area contributed by atoms with E-state index in [1.54, 1.807) is 10.6 Å². The van der Waals surface area contributed by atoms with Gasteiger partial charge >= 0.3 is 0 Å². The van der Waals surface area contributed by atoms with Crippen LogP contribution in [0.4, 0.5) is 11.4 Å². The summed E-state index contributed by atoms with van der Waals surface area (Å²) in [7, 11) is 0.859. The first kappa shape index (κ1) is 19.0. The number of nitrogens with one attached hydrogen (secondary N) is 2.